The molecule has 1 amide bonds. The number of carbonyl (C=O) groups is 1. The fourth-order valence-electron chi connectivity index (χ4n) is 3.61. The molecule has 3 rings (SSSR count). The Kier molecular flexibility index (Phi) is 7.84. The number of halogens is 4. The molecule has 0 heterocycles. The van der Waals surface area contributed by atoms with Crippen molar-refractivity contribution in [2.45, 2.75) is 62.1 Å². The summed E-state index contributed by atoms with van der Waals surface area (Å²) in [4.78, 5) is 12.3. The molecule has 10 heteroatoms. The van der Waals surface area contributed by atoms with E-state index in [0.29, 0.717) is 6.42 Å². The van der Waals surface area contributed by atoms with Gasteiger partial charge in [-0.15, -0.1) is 0 Å². The molecule has 0 aliphatic heterocycles. The minimum atomic E-state index is -4.54. The number of nitrogens with one attached hydrogen (secondary N) is 2. The van der Waals surface area contributed by atoms with E-state index >= 15 is 0 Å². The molecule has 174 valence electrons. The smallest absolute Gasteiger partial charge is 0.325 e. The van der Waals surface area contributed by atoms with E-state index in [-0.39, 0.29) is 28.1 Å². The molecule has 0 saturated heterocycles. The third kappa shape index (κ3) is 6.70. The molecular weight excluding hydrogens is 465 g/mol. The minimum absolute atomic E-state index is 0.000997. The van der Waals surface area contributed by atoms with Gasteiger partial charge in [-0.25, -0.2) is 13.1 Å². The summed E-state index contributed by atoms with van der Waals surface area (Å²) in [5, 5.41) is 2.40. The Balaban J connectivity index is 1.56. The van der Waals surface area contributed by atoms with Gasteiger partial charge in [0.1, 0.15) is 0 Å². The highest BCUT2D eigenvalue weighted by atomic mass is 35.5. The lowest BCUT2D eigenvalue weighted by atomic mass is 9.96. The summed E-state index contributed by atoms with van der Waals surface area (Å²) in [5.41, 5.74) is -0.288. The number of benzene rings is 2. The molecule has 2 aromatic rings. The molecule has 0 aromatic heterocycles. The molecule has 5 nitrogen and oxygen atoms in total. The Hall–Kier alpha value is -2.10. The molecule has 1 saturated carbocycles. The third-order valence-corrected chi connectivity index (χ3v) is 7.24. The van der Waals surface area contributed by atoms with Crippen LogP contribution in [-0.2, 0) is 27.4 Å². The van der Waals surface area contributed by atoms with E-state index in [1.54, 1.807) is 12.1 Å². The second-order valence-electron chi connectivity index (χ2n) is 7.84. The van der Waals surface area contributed by atoms with Crippen molar-refractivity contribution in [2.75, 3.05) is 5.32 Å². The van der Waals surface area contributed by atoms with Crippen molar-refractivity contribution in [3.05, 3.63) is 58.6 Å². The van der Waals surface area contributed by atoms with Gasteiger partial charge in [0.25, 0.3) is 0 Å². The van der Waals surface area contributed by atoms with Crippen molar-refractivity contribution in [3.63, 3.8) is 0 Å². The predicted molar refractivity (Wildman–Crippen MR) is 117 cm³/mol. The molecule has 0 atom stereocenters. The number of hydrogen-bond donors (Lipinski definition) is 2. The Morgan fingerprint density at radius 1 is 1.03 bits per heavy atom. The summed E-state index contributed by atoms with van der Waals surface area (Å²) in [6, 6.07) is 8.90. The molecule has 0 unspecified atom stereocenters. The molecule has 0 bridgehead atoms. The Morgan fingerprint density at radius 2 is 1.69 bits per heavy atom. The van der Waals surface area contributed by atoms with E-state index in [2.05, 4.69) is 10.0 Å². The quantitative estimate of drug-likeness (QED) is 0.537. The highest BCUT2D eigenvalue weighted by Gasteiger charge is 2.31. The lowest BCUT2D eigenvalue weighted by Crippen LogP contribution is -2.36. The zero-order valence-electron chi connectivity index (χ0n) is 17.2. The Bertz CT molecular complexity index is 1050. The van der Waals surface area contributed by atoms with Crippen LogP contribution in [0.5, 0.6) is 0 Å². The number of carbonyl (C=O) groups excluding carboxylic acids is 1. The average Bonchev–Trinajstić information content (AvgIpc) is 2.74. The number of amides is 1. The van der Waals surface area contributed by atoms with Crippen LogP contribution in [0.25, 0.3) is 0 Å². The number of alkyl halides is 3. The van der Waals surface area contributed by atoms with Crippen LogP contribution < -0.4 is 10.0 Å². The number of sulfonamides is 1. The van der Waals surface area contributed by atoms with Crippen molar-refractivity contribution in [2.24, 2.45) is 0 Å². The van der Waals surface area contributed by atoms with Gasteiger partial charge in [0.15, 0.2) is 0 Å². The van der Waals surface area contributed by atoms with Crippen LogP contribution in [-0.4, -0.2) is 20.4 Å². The minimum Gasteiger partial charge on any atom is -0.325 e. The van der Waals surface area contributed by atoms with Crippen molar-refractivity contribution in [1.29, 1.82) is 0 Å². The van der Waals surface area contributed by atoms with Crippen molar-refractivity contribution < 1.29 is 26.4 Å². The number of aryl methyl sites for hydroxylation is 1. The third-order valence-electron chi connectivity index (χ3n) is 5.37. The van der Waals surface area contributed by atoms with Crippen LogP contribution >= 0.6 is 11.6 Å². The standard InChI is InChI=1S/C22H24ClF3N2O3S/c23-19-12-9-16(22(24,25)26)14-20(19)27-21(29)13-8-15-6-10-18(11-7-15)32(30,31)28-17-4-2-1-3-5-17/h6-7,9-12,14,17,28H,1-5,8,13H2,(H,27,29). The average molecular weight is 489 g/mol. The maximum absolute atomic E-state index is 12.9. The fourth-order valence-corrected chi connectivity index (χ4v) is 5.08. The normalized spacial score (nSPS) is 15.5. The van der Waals surface area contributed by atoms with Crippen molar-refractivity contribution in [3.8, 4) is 0 Å². The molecule has 1 aliphatic carbocycles. The fraction of sp³-hybridized carbons (Fsp3) is 0.409. The van der Waals surface area contributed by atoms with E-state index in [4.69, 9.17) is 11.6 Å². The van der Waals surface area contributed by atoms with Gasteiger partial charge in [-0.2, -0.15) is 13.2 Å². The molecule has 0 radical (unpaired) electrons. The van der Waals surface area contributed by atoms with Crippen LogP contribution in [0.2, 0.25) is 5.02 Å². The highest BCUT2D eigenvalue weighted by molar-refractivity contribution is 7.89. The summed E-state index contributed by atoms with van der Waals surface area (Å²) in [5.74, 6) is -0.498. The van der Waals surface area contributed by atoms with Crippen LogP contribution in [0.3, 0.4) is 0 Å². The van der Waals surface area contributed by atoms with Gasteiger partial charge in [-0.1, -0.05) is 43.0 Å². The second kappa shape index (κ2) is 10.2. The van der Waals surface area contributed by atoms with E-state index in [9.17, 15) is 26.4 Å². The van der Waals surface area contributed by atoms with Crippen molar-refractivity contribution in [1.82, 2.24) is 4.72 Å². The van der Waals surface area contributed by atoms with Gasteiger partial charge >= 0.3 is 6.18 Å². The zero-order valence-corrected chi connectivity index (χ0v) is 18.8. The van der Waals surface area contributed by atoms with E-state index in [0.717, 1.165) is 55.9 Å². The Morgan fingerprint density at radius 3 is 2.31 bits per heavy atom. The monoisotopic (exact) mass is 488 g/mol. The second-order valence-corrected chi connectivity index (χ2v) is 9.96. The molecular formula is C22H24ClF3N2O3S. The largest absolute Gasteiger partial charge is 0.416 e. The maximum Gasteiger partial charge on any atom is 0.416 e. The topological polar surface area (TPSA) is 75.3 Å². The maximum atomic E-state index is 12.9. The molecule has 1 aliphatic rings. The highest BCUT2D eigenvalue weighted by Crippen LogP contribution is 2.33. The van der Waals surface area contributed by atoms with E-state index in [1.807, 2.05) is 0 Å². The van der Waals surface area contributed by atoms with Crippen LogP contribution in [0, 0.1) is 0 Å². The molecule has 0 spiro atoms. The number of hydrogen-bond acceptors (Lipinski definition) is 3. The summed E-state index contributed by atoms with van der Waals surface area (Å²) < 4.78 is 66.4. The zero-order chi connectivity index (χ0) is 23.4. The first-order valence-corrected chi connectivity index (χ1v) is 12.2. The summed E-state index contributed by atoms with van der Waals surface area (Å²) in [6.07, 6.45) is 0.570. The van der Waals surface area contributed by atoms with Gasteiger partial charge in [0.05, 0.1) is 21.2 Å². The SMILES string of the molecule is O=C(CCc1ccc(S(=O)(=O)NC2CCCCC2)cc1)Nc1cc(C(F)(F)F)ccc1Cl. The van der Waals surface area contributed by atoms with Gasteiger partial charge in [0, 0.05) is 12.5 Å². The van der Waals surface area contributed by atoms with Gasteiger partial charge in [-0.05, 0) is 55.2 Å². The Labute approximate surface area is 190 Å². The first-order chi connectivity index (χ1) is 15.0. The van der Waals surface area contributed by atoms with Gasteiger partial charge < -0.3 is 5.32 Å². The van der Waals surface area contributed by atoms with Gasteiger partial charge in [-0.3, -0.25) is 4.79 Å². The summed E-state index contributed by atoms with van der Waals surface area (Å²) in [6.45, 7) is 0. The first-order valence-electron chi connectivity index (χ1n) is 10.3. The number of rotatable bonds is 7. The summed E-state index contributed by atoms with van der Waals surface area (Å²) >= 11 is 5.89. The summed E-state index contributed by atoms with van der Waals surface area (Å²) in [7, 11) is -3.61. The lowest BCUT2D eigenvalue weighted by Gasteiger charge is -2.22. The lowest BCUT2D eigenvalue weighted by molar-refractivity contribution is -0.137. The number of anilines is 1. The molecule has 2 aromatic carbocycles. The molecule has 2 N–H and O–H groups in total. The van der Waals surface area contributed by atoms with Crippen LogP contribution in [0.4, 0.5) is 18.9 Å². The van der Waals surface area contributed by atoms with E-state index in [1.165, 1.54) is 12.1 Å². The van der Waals surface area contributed by atoms with E-state index < -0.39 is 27.7 Å². The first kappa shape index (κ1) is 24.5. The van der Waals surface area contributed by atoms with Crippen LogP contribution in [0.15, 0.2) is 47.4 Å². The van der Waals surface area contributed by atoms with Crippen LogP contribution in [0.1, 0.15) is 49.7 Å². The van der Waals surface area contributed by atoms with Gasteiger partial charge in [0.2, 0.25) is 15.9 Å². The van der Waals surface area contributed by atoms with Crippen molar-refractivity contribution >= 4 is 33.2 Å². The molecule has 32 heavy (non-hydrogen) atoms. The predicted octanol–water partition coefficient (Wildman–Crippen LogP) is 5.54. The molecule has 1 fully saturated rings.